The van der Waals surface area contributed by atoms with Gasteiger partial charge in [0, 0.05) is 44.6 Å². The fourth-order valence-corrected chi connectivity index (χ4v) is 8.48. The van der Waals surface area contributed by atoms with E-state index < -0.39 is 0 Å². The minimum absolute atomic E-state index is 0.684. The lowest BCUT2D eigenvalue weighted by atomic mass is 9.92. The lowest BCUT2D eigenvalue weighted by Crippen LogP contribution is -2.03. The maximum absolute atomic E-state index is 5.25. The van der Waals surface area contributed by atoms with Gasteiger partial charge in [-0.15, -0.1) is 11.3 Å². The Morgan fingerprint density at radius 3 is 1.96 bits per heavy atom. The van der Waals surface area contributed by atoms with Crippen molar-refractivity contribution in [3.63, 3.8) is 0 Å². The highest BCUT2D eigenvalue weighted by Gasteiger charge is 2.17. The zero-order valence-corrected chi connectivity index (χ0v) is 29.1. The number of hydrogen-bond donors (Lipinski definition) is 0. The van der Waals surface area contributed by atoms with Crippen molar-refractivity contribution < 1.29 is 0 Å². The van der Waals surface area contributed by atoms with E-state index in [9.17, 15) is 0 Å². The highest BCUT2D eigenvalue weighted by Crippen LogP contribution is 2.37. The molecule has 0 aliphatic heterocycles. The molecular weight excluding hydrogens is 653 g/mol. The molecule has 0 amide bonds. The van der Waals surface area contributed by atoms with E-state index in [1.165, 1.54) is 42.4 Å². The van der Waals surface area contributed by atoms with Crippen LogP contribution < -0.4 is 0 Å². The van der Waals surface area contributed by atoms with E-state index in [2.05, 4.69) is 137 Å². The van der Waals surface area contributed by atoms with Gasteiger partial charge in [0.05, 0.1) is 34.2 Å². The number of aromatic nitrogens is 4. The van der Waals surface area contributed by atoms with Gasteiger partial charge in [-0.05, 0) is 106 Å². The largest absolute Gasteiger partial charge is 0.255 e. The Kier molecular flexibility index (Phi) is 7.51. The van der Waals surface area contributed by atoms with Crippen LogP contribution >= 0.6 is 11.3 Å². The average Bonchev–Trinajstić information content (AvgIpc) is 3.48. The van der Waals surface area contributed by atoms with Crippen molar-refractivity contribution in [2.75, 3.05) is 0 Å². The Balaban J connectivity index is 0.910. The molecule has 0 saturated carbocycles. The molecule has 0 unspecified atom stereocenters. The molecule has 0 radical (unpaired) electrons. The maximum Gasteiger partial charge on any atom is 0.0886 e. The van der Waals surface area contributed by atoms with Crippen LogP contribution in [0.4, 0.5) is 0 Å². The Morgan fingerprint density at radius 1 is 0.462 bits per heavy atom. The van der Waals surface area contributed by atoms with Gasteiger partial charge < -0.3 is 0 Å². The van der Waals surface area contributed by atoms with Crippen molar-refractivity contribution in [2.45, 2.75) is 19.3 Å². The number of thiophene rings is 1. The van der Waals surface area contributed by atoms with Crippen molar-refractivity contribution in [1.82, 2.24) is 19.9 Å². The number of pyridine rings is 4. The van der Waals surface area contributed by atoms with Gasteiger partial charge in [0.15, 0.2) is 0 Å². The Morgan fingerprint density at radius 2 is 1.15 bits per heavy atom. The van der Waals surface area contributed by atoms with Crippen LogP contribution in [-0.2, 0) is 6.42 Å². The van der Waals surface area contributed by atoms with Crippen LogP contribution in [-0.4, -0.2) is 19.9 Å². The fourth-order valence-electron chi connectivity index (χ4n) is 7.39. The highest BCUT2D eigenvalue weighted by atomic mass is 32.1. The van der Waals surface area contributed by atoms with Crippen LogP contribution in [0.15, 0.2) is 146 Å². The zero-order valence-electron chi connectivity index (χ0n) is 28.3. The number of allylic oxidation sites excluding steroid dienone is 4. The first kappa shape index (κ1) is 30.5. The van der Waals surface area contributed by atoms with Gasteiger partial charge >= 0.3 is 0 Å². The Labute approximate surface area is 306 Å². The van der Waals surface area contributed by atoms with Crippen molar-refractivity contribution in [3.05, 3.63) is 180 Å². The molecular formula is C47H32N4S. The third kappa shape index (κ3) is 5.66. The first-order valence-electron chi connectivity index (χ1n) is 17.7. The van der Waals surface area contributed by atoms with Crippen molar-refractivity contribution >= 4 is 54.8 Å². The fraction of sp³-hybridized carbons (Fsp3) is 0.0638. The summed E-state index contributed by atoms with van der Waals surface area (Å²) >= 11 is 1.85. The highest BCUT2D eigenvalue weighted by molar-refractivity contribution is 7.25. The van der Waals surface area contributed by atoms with E-state index in [4.69, 9.17) is 9.97 Å². The predicted molar refractivity (Wildman–Crippen MR) is 217 cm³/mol. The summed E-state index contributed by atoms with van der Waals surface area (Å²) in [4.78, 5) is 19.6. The normalized spacial score (nSPS) is 13.7. The van der Waals surface area contributed by atoms with Gasteiger partial charge in [0.25, 0.3) is 0 Å². The molecule has 4 nitrogen and oxygen atoms in total. The summed E-state index contributed by atoms with van der Waals surface area (Å²) in [5.41, 5.74) is 15.4. The smallest absolute Gasteiger partial charge is 0.0886 e. The minimum atomic E-state index is 0.684. The average molecular weight is 685 g/mol. The third-order valence-electron chi connectivity index (χ3n) is 10.2. The summed E-state index contributed by atoms with van der Waals surface area (Å²) < 4.78 is 2.65. The zero-order chi connectivity index (χ0) is 34.4. The molecule has 0 saturated heterocycles. The molecule has 2 aliphatic carbocycles. The molecule has 8 aromatic rings. The summed E-state index contributed by atoms with van der Waals surface area (Å²) in [5.74, 6) is 0. The first-order valence-corrected chi connectivity index (χ1v) is 18.5. The molecule has 0 N–H and O–H groups in total. The van der Waals surface area contributed by atoms with E-state index in [1.807, 2.05) is 35.7 Å². The number of nitrogens with zero attached hydrogens (tertiary/aromatic N) is 4. The van der Waals surface area contributed by atoms with Gasteiger partial charge in [-0.3, -0.25) is 19.9 Å². The molecule has 3 aromatic carbocycles. The number of fused-ring (bicyclic) bond motifs is 5. The molecule has 5 heteroatoms. The second-order valence-corrected chi connectivity index (χ2v) is 14.5. The summed E-state index contributed by atoms with van der Waals surface area (Å²) in [6.07, 6.45) is 15.1. The van der Waals surface area contributed by atoms with E-state index in [1.54, 1.807) is 6.20 Å². The molecule has 5 aromatic heterocycles. The lowest BCUT2D eigenvalue weighted by molar-refractivity contribution is 0.986. The van der Waals surface area contributed by atoms with Crippen molar-refractivity contribution in [2.24, 2.45) is 0 Å². The third-order valence-corrected chi connectivity index (χ3v) is 11.4. The number of benzene rings is 3. The first-order chi connectivity index (χ1) is 25.7. The monoisotopic (exact) mass is 684 g/mol. The molecule has 5 heterocycles. The molecule has 246 valence electrons. The van der Waals surface area contributed by atoms with Gasteiger partial charge in [-0.2, -0.15) is 0 Å². The lowest BCUT2D eigenvalue weighted by Gasteiger charge is -2.16. The topological polar surface area (TPSA) is 51.6 Å². The molecule has 0 fully saturated rings. The van der Waals surface area contributed by atoms with E-state index in [-0.39, 0.29) is 0 Å². The van der Waals surface area contributed by atoms with Crippen molar-refractivity contribution in [1.29, 1.82) is 0 Å². The molecule has 0 atom stereocenters. The number of rotatable bonds is 5. The van der Waals surface area contributed by atoms with Crippen LogP contribution in [0.3, 0.4) is 0 Å². The van der Waals surface area contributed by atoms with Crippen LogP contribution in [0.25, 0.3) is 77.2 Å². The Hall–Kier alpha value is -6.30. The quantitative estimate of drug-likeness (QED) is 0.181. The van der Waals surface area contributed by atoms with E-state index >= 15 is 0 Å². The van der Waals surface area contributed by atoms with E-state index in [0.29, 0.717) is 6.42 Å². The van der Waals surface area contributed by atoms with Crippen LogP contribution in [0, 0.1) is 0 Å². The minimum Gasteiger partial charge on any atom is -0.255 e. The summed E-state index contributed by atoms with van der Waals surface area (Å²) in [6.45, 7) is 0. The van der Waals surface area contributed by atoms with Crippen LogP contribution in [0.2, 0.25) is 0 Å². The van der Waals surface area contributed by atoms with Gasteiger partial charge in [0.1, 0.15) is 0 Å². The molecule has 10 rings (SSSR count). The second-order valence-electron chi connectivity index (χ2n) is 13.4. The summed E-state index contributed by atoms with van der Waals surface area (Å²) in [6, 6.07) is 43.1. The summed E-state index contributed by atoms with van der Waals surface area (Å²) in [7, 11) is 0. The van der Waals surface area contributed by atoms with Gasteiger partial charge in [0.2, 0.25) is 0 Å². The van der Waals surface area contributed by atoms with Gasteiger partial charge in [-0.25, -0.2) is 0 Å². The standard InChI is InChI=1S/C47H32N4S/c1-2-10-46-38(8-1)39-27-35(20-24-47(39)52-46)34-6-5-7-36(26-34)41-22-18-33-16-15-32-17-21-40(50-44(32)28-45(33)51-41)31-13-11-30(12-14-31)37-19-23-43(49-29-37)42-9-3-4-25-48-42/h1-11,13,15-27,29H,12,14,28H2. The molecule has 2 aliphatic rings. The van der Waals surface area contributed by atoms with Gasteiger partial charge in [-0.1, -0.05) is 91.0 Å². The SMILES string of the molecule is C1=Cc2ccc(-c3cccc(-c4ccc5sc6ccccc6c5c4)c3)nc2Cc2nc(C3=CC=C(c4ccc(-c5ccccn5)nc4)CC3)ccc21. The van der Waals surface area contributed by atoms with E-state index in [0.717, 1.165) is 69.3 Å². The number of hydrogen-bond acceptors (Lipinski definition) is 5. The molecule has 0 bridgehead atoms. The predicted octanol–water partition coefficient (Wildman–Crippen LogP) is 12.0. The van der Waals surface area contributed by atoms with Crippen LogP contribution in [0.1, 0.15) is 46.6 Å². The van der Waals surface area contributed by atoms with Crippen molar-refractivity contribution in [3.8, 4) is 33.8 Å². The summed E-state index contributed by atoms with van der Waals surface area (Å²) in [5, 5.41) is 2.63. The van der Waals surface area contributed by atoms with Crippen LogP contribution in [0.5, 0.6) is 0 Å². The molecule has 0 spiro atoms. The maximum atomic E-state index is 5.25. The second kappa shape index (κ2) is 12.8. The molecule has 52 heavy (non-hydrogen) atoms. The Bertz CT molecular complexity index is 2750.